The minimum absolute atomic E-state index is 0.108. The standard InChI is InChI=1S/C15H17NO7/c1-8-5-10(9(14(18)19)6-12(8)21-2)16-11(15(20)23-4)7-13(17)22-3/h5-7,16H,1-4H3,(H,18,19)/b11-7+. The Morgan fingerprint density at radius 3 is 2.26 bits per heavy atom. The van der Waals surface area contributed by atoms with Crippen LogP contribution in [0.5, 0.6) is 5.75 Å². The van der Waals surface area contributed by atoms with Gasteiger partial charge in [0.1, 0.15) is 11.4 Å². The number of carbonyl (C=O) groups excluding carboxylic acids is 2. The van der Waals surface area contributed by atoms with Crippen LogP contribution in [0.3, 0.4) is 0 Å². The van der Waals surface area contributed by atoms with Crippen LogP contribution in [-0.2, 0) is 19.1 Å². The van der Waals surface area contributed by atoms with Gasteiger partial charge in [-0.15, -0.1) is 0 Å². The number of methoxy groups -OCH3 is 3. The normalized spacial score (nSPS) is 10.7. The van der Waals surface area contributed by atoms with E-state index in [1.165, 1.54) is 19.2 Å². The van der Waals surface area contributed by atoms with Gasteiger partial charge in [-0.1, -0.05) is 0 Å². The minimum atomic E-state index is -1.23. The largest absolute Gasteiger partial charge is 0.496 e. The smallest absolute Gasteiger partial charge is 0.354 e. The maximum Gasteiger partial charge on any atom is 0.354 e. The quantitative estimate of drug-likeness (QED) is 0.596. The monoisotopic (exact) mass is 323 g/mol. The number of hydrogen-bond acceptors (Lipinski definition) is 7. The van der Waals surface area contributed by atoms with Crippen LogP contribution in [0.4, 0.5) is 5.69 Å². The maximum atomic E-state index is 11.7. The summed E-state index contributed by atoms with van der Waals surface area (Å²) in [5.41, 5.74) is 0.358. The molecule has 0 bridgehead atoms. The van der Waals surface area contributed by atoms with Crippen molar-refractivity contribution in [2.24, 2.45) is 0 Å². The molecule has 0 saturated heterocycles. The van der Waals surface area contributed by atoms with Crippen molar-refractivity contribution in [3.63, 3.8) is 0 Å². The molecule has 0 saturated carbocycles. The molecule has 0 amide bonds. The van der Waals surface area contributed by atoms with E-state index in [4.69, 9.17) is 4.74 Å². The number of nitrogens with one attached hydrogen (secondary N) is 1. The van der Waals surface area contributed by atoms with Gasteiger partial charge in [0.05, 0.1) is 38.7 Å². The second-order valence-corrected chi connectivity index (χ2v) is 4.37. The number of ether oxygens (including phenoxy) is 3. The van der Waals surface area contributed by atoms with E-state index in [1.54, 1.807) is 6.92 Å². The van der Waals surface area contributed by atoms with Gasteiger partial charge in [-0.25, -0.2) is 14.4 Å². The van der Waals surface area contributed by atoms with Crippen LogP contribution in [0.1, 0.15) is 15.9 Å². The molecule has 0 radical (unpaired) electrons. The van der Waals surface area contributed by atoms with Crippen LogP contribution >= 0.6 is 0 Å². The zero-order valence-corrected chi connectivity index (χ0v) is 13.1. The van der Waals surface area contributed by atoms with Crippen molar-refractivity contribution in [2.45, 2.75) is 6.92 Å². The molecule has 0 unspecified atom stereocenters. The molecule has 0 aromatic heterocycles. The number of benzene rings is 1. The average Bonchev–Trinajstić information content (AvgIpc) is 2.53. The zero-order valence-electron chi connectivity index (χ0n) is 13.1. The highest BCUT2D eigenvalue weighted by molar-refractivity contribution is 6.01. The summed E-state index contributed by atoms with van der Waals surface area (Å²) in [5.74, 6) is -2.49. The summed E-state index contributed by atoms with van der Waals surface area (Å²) < 4.78 is 14.1. The van der Waals surface area contributed by atoms with Gasteiger partial charge < -0.3 is 24.6 Å². The van der Waals surface area contributed by atoms with E-state index in [0.717, 1.165) is 20.3 Å². The molecule has 8 nitrogen and oxygen atoms in total. The number of carboxylic acids is 1. The van der Waals surface area contributed by atoms with Crippen LogP contribution in [0.15, 0.2) is 23.9 Å². The molecule has 23 heavy (non-hydrogen) atoms. The Hall–Kier alpha value is -3.03. The molecule has 124 valence electrons. The van der Waals surface area contributed by atoms with Crippen LogP contribution in [0.2, 0.25) is 0 Å². The van der Waals surface area contributed by atoms with E-state index in [2.05, 4.69) is 14.8 Å². The van der Waals surface area contributed by atoms with Crippen molar-refractivity contribution < 1.29 is 33.7 Å². The van der Waals surface area contributed by atoms with Crippen LogP contribution in [0.25, 0.3) is 0 Å². The molecule has 0 atom stereocenters. The highest BCUT2D eigenvalue weighted by Gasteiger charge is 2.19. The van der Waals surface area contributed by atoms with E-state index in [9.17, 15) is 19.5 Å². The first-order valence-corrected chi connectivity index (χ1v) is 6.41. The molecule has 0 heterocycles. The van der Waals surface area contributed by atoms with E-state index in [1.807, 2.05) is 0 Å². The van der Waals surface area contributed by atoms with Gasteiger partial charge >= 0.3 is 17.9 Å². The number of carbonyl (C=O) groups is 3. The Morgan fingerprint density at radius 1 is 1.13 bits per heavy atom. The molecule has 0 fully saturated rings. The highest BCUT2D eigenvalue weighted by Crippen LogP contribution is 2.27. The number of rotatable bonds is 6. The summed E-state index contributed by atoms with van der Waals surface area (Å²) in [7, 11) is 3.69. The summed E-state index contributed by atoms with van der Waals surface area (Å²) in [6, 6.07) is 2.80. The van der Waals surface area contributed by atoms with Gasteiger partial charge in [0, 0.05) is 0 Å². The number of aryl methyl sites for hydroxylation is 1. The predicted octanol–water partition coefficient (Wildman–Crippen LogP) is 1.34. The Morgan fingerprint density at radius 2 is 1.78 bits per heavy atom. The first-order chi connectivity index (χ1) is 10.8. The third-order valence-corrected chi connectivity index (χ3v) is 2.90. The van der Waals surface area contributed by atoms with E-state index >= 15 is 0 Å². The average molecular weight is 323 g/mol. The van der Waals surface area contributed by atoms with E-state index < -0.39 is 17.9 Å². The second kappa shape index (κ2) is 7.83. The van der Waals surface area contributed by atoms with Gasteiger partial charge in [0.25, 0.3) is 0 Å². The lowest BCUT2D eigenvalue weighted by molar-refractivity contribution is -0.138. The molecule has 1 aromatic carbocycles. The number of esters is 2. The van der Waals surface area contributed by atoms with Gasteiger partial charge in [-0.2, -0.15) is 0 Å². The molecule has 0 aliphatic heterocycles. The van der Waals surface area contributed by atoms with Crippen molar-refractivity contribution in [3.05, 3.63) is 35.0 Å². The molecule has 0 spiro atoms. The van der Waals surface area contributed by atoms with Crippen LogP contribution in [0, 0.1) is 6.92 Å². The maximum absolute atomic E-state index is 11.7. The first kappa shape index (κ1) is 18.0. The summed E-state index contributed by atoms with van der Waals surface area (Å²) >= 11 is 0. The third kappa shape index (κ3) is 4.47. The van der Waals surface area contributed by atoms with Gasteiger partial charge in [0.2, 0.25) is 0 Å². The van der Waals surface area contributed by atoms with Gasteiger partial charge in [0.15, 0.2) is 0 Å². The molecule has 0 aliphatic rings. The lowest BCUT2D eigenvalue weighted by Gasteiger charge is -2.14. The lowest BCUT2D eigenvalue weighted by atomic mass is 10.1. The van der Waals surface area contributed by atoms with Crippen molar-refractivity contribution >= 4 is 23.6 Å². The fraction of sp³-hybridized carbons (Fsp3) is 0.267. The van der Waals surface area contributed by atoms with Crippen LogP contribution in [-0.4, -0.2) is 44.3 Å². The second-order valence-electron chi connectivity index (χ2n) is 4.37. The molecule has 8 heteroatoms. The van der Waals surface area contributed by atoms with Gasteiger partial charge in [-0.3, -0.25) is 0 Å². The van der Waals surface area contributed by atoms with E-state index in [0.29, 0.717) is 11.3 Å². The van der Waals surface area contributed by atoms with Gasteiger partial charge in [-0.05, 0) is 24.6 Å². The molecular weight excluding hydrogens is 306 g/mol. The molecular formula is C15H17NO7. The predicted molar refractivity (Wildman–Crippen MR) is 80.4 cm³/mol. The fourth-order valence-corrected chi connectivity index (χ4v) is 1.77. The Kier molecular flexibility index (Phi) is 6.13. The summed E-state index contributed by atoms with van der Waals surface area (Å²) in [4.78, 5) is 34.4. The highest BCUT2D eigenvalue weighted by atomic mass is 16.5. The first-order valence-electron chi connectivity index (χ1n) is 6.41. The minimum Gasteiger partial charge on any atom is -0.496 e. The summed E-state index contributed by atoms with van der Waals surface area (Å²) in [6.07, 6.45) is 0.872. The number of anilines is 1. The van der Waals surface area contributed by atoms with Crippen LogP contribution < -0.4 is 10.1 Å². The van der Waals surface area contributed by atoms with Crippen molar-refractivity contribution in [1.29, 1.82) is 0 Å². The lowest BCUT2D eigenvalue weighted by Crippen LogP contribution is -2.17. The fourth-order valence-electron chi connectivity index (χ4n) is 1.77. The zero-order chi connectivity index (χ0) is 17.6. The number of carboxylic acid groups (broad SMARTS) is 1. The third-order valence-electron chi connectivity index (χ3n) is 2.90. The van der Waals surface area contributed by atoms with E-state index in [-0.39, 0.29) is 16.9 Å². The number of hydrogen-bond donors (Lipinski definition) is 2. The molecule has 1 rings (SSSR count). The Balaban J connectivity index is 3.35. The van der Waals surface area contributed by atoms with Crippen molar-refractivity contribution in [1.82, 2.24) is 0 Å². The summed E-state index contributed by atoms with van der Waals surface area (Å²) in [5, 5.41) is 11.9. The van der Waals surface area contributed by atoms with Crippen molar-refractivity contribution in [3.8, 4) is 5.75 Å². The Bertz CT molecular complexity index is 664. The molecule has 1 aromatic rings. The topological polar surface area (TPSA) is 111 Å². The number of aromatic carboxylic acids is 1. The SMILES string of the molecule is COC(=O)/C=C(/Nc1cc(C)c(OC)cc1C(=O)O)C(=O)OC. The summed E-state index contributed by atoms with van der Waals surface area (Å²) in [6.45, 7) is 1.71. The molecule has 2 N–H and O–H groups in total. The van der Waals surface area contributed by atoms with Crippen molar-refractivity contribution in [2.75, 3.05) is 26.6 Å². The Labute approximate surface area is 132 Å². The molecule has 0 aliphatic carbocycles.